The van der Waals surface area contributed by atoms with Gasteiger partial charge in [-0.3, -0.25) is 4.57 Å². The third-order valence-corrected chi connectivity index (χ3v) is 5.37. The summed E-state index contributed by atoms with van der Waals surface area (Å²) in [5.74, 6) is -3.51. The maximum atomic E-state index is 10.3. The van der Waals surface area contributed by atoms with Gasteiger partial charge in [-0.15, -0.1) is 0 Å². The molecule has 0 rings (SSSR count). The summed E-state index contributed by atoms with van der Waals surface area (Å²) in [6.45, 7) is 0. The van der Waals surface area contributed by atoms with E-state index in [1.54, 1.807) is 0 Å². The zero-order valence-electron chi connectivity index (χ0n) is 3.55. The van der Waals surface area contributed by atoms with Gasteiger partial charge in [0.2, 0.25) is 17.1 Å². The van der Waals surface area contributed by atoms with Crippen molar-refractivity contribution in [1.29, 1.82) is 0 Å². The Morgan fingerprint density at radius 3 is 1.88 bits per heavy atom. The van der Waals surface area contributed by atoms with Crippen LogP contribution in [0.1, 0.15) is 0 Å². The first-order chi connectivity index (χ1) is 3.42. The minimum absolute atomic E-state index is 0.312. The second-order valence-electron chi connectivity index (χ2n) is 1.03. The van der Waals surface area contributed by atoms with Crippen molar-refractivity contribution in [2.75, 3.05) is 5.90 Å². The lowest BCUT2D eigenvalue weighted by molar-refractivity contribution is 0.590. The van der Waals surface area contributed by atoms with E-state index >= 15 is 0 Å². The second kappa shape index (κ2) is 3.39. The van der Waals surface area contributed by atoms with Crippen LogP contribution in [-0.4, -0.2) is 5.90 Å². The molecule has 0 saturated carbocycles. The molecule has 0 bridgehead atoms. The Morgan fingerprint density at radius 1 is 1.50 bits per heavy atom. The Hall–Kier alpha value is 1.20. The lowest BCUT2D eigenvalue weighted by Gasteiger charge is -1.83. The van der Waals surface area contributed by atoms with Crippen LogP contribution >= 0.6 is 46.7 Å². The highest BCUT2D eigenvalue weighted by atomic mass is 35.9. The SMILES string of the molecule is O=[P+](Cl)CP(=O)(Cl)Cl. The monoisotopic (exact) mass is 213 g/mol. The van der Waals surface area contributed by atoms with Crippen molar-refractivity contribution in [3.8, 4) is 0 Å². The summed E-state index contributed by atoms with van der Waals surface area (Å²) < 4.78 is 20.3. The standard InChI is InChI=1S/CH2Cl3O2P2/c2-7(5)1-8(3,4)6/h1H2/q+1. The molecular formula is CH2Cl3O2P2+. The van der Waals surface area contributed by atoms with Gasteiger partial charge in [0.1, 0.15) is 0 Å². The Balaban J connectivity index is 3.74. The van der Waals surface area contributed by atoms with Crippen molar-refractivity contribution >= 4 is 46.7 Å². The average Bonchev–Trinajstić information content (AvgIpc) is 1.21. The first kappa shape index (κ1) is 9.20. The number of hydrogen-bond acceptors (Lipinski definition) is 2. The minimum Gasteiger partial charge on any atom is -0.285 e. The molecule has 0 aromatic carbocycles. The highest BCUT2D eigenvalue weighted by Crippen LogP contribution is 2.62. The first-order valence-corrected chi connectivity index (χ1v) is 7.56. The Bertz CT molecular complexity index is 138. The molecule has 0 fully saturated rings. The first-order valence-electron chi connectivity index (χ1n) is 1.50. The van der Waals surface area contributed by atoms with E-state index in [2.05, 4.69) is 0 Å². The smallest absolute Gasteiger partial charge is 0.285 e. The molecule has 0 aromatic rings. The molecule has 0 aromatic heterocycles. The van der Waals surface area contributed by atoms with Gasteiger partial charge < -0.3 is 0 Å². The molecule has 0 aliphatic carbocycles. The molecule has 7 heteroatoms. The number of halogens is 3. The van der Waals surface area contributed by atoms with Crippen LogP contribution in [0.3, 0.4) is 0 Å². The molecule has 0 saturated heterocycles. The Morgan fingerprint density at radius 2 is 1.88 bits per heavy atom. The fraction of sp³-hybridized carbons (Fsp3) is 1.00. The lowest BCUT2D eigenvalue weighted by atomic mass is 11.9. The third kappa shape index (κ3) is 7.20. The van der Waals surface area contributed by atoms with Gasteiger partial charge in [0, 0.05) is 0 Å². The van der Waals surface area contributed by atoms with Gasteiger partial charge in [-0.1, -0.05) is 4.57 Å². The van der Waals surface area contributed by atoms with Crippen molar-refractivity contribution in [3.63, 3.8) is 0 Å². The van der Waals surface area contributed by atoms with Gasteiger partial charge in [0.25, 0.3) is 0 Å². The fourth-order valence-electron chi connectivity index (χ4n) is 0.129. The highest BCUT2D eigenvalue weighted by molar-refractivity contribution is 8.12. The third-order valence-electron chi connectivity index (χ3n) is 0.276. The average molecular weight is 214 g/mol. The summed E-state index contributed by atoms with van der Waals surface area (Å²) in [6.07, 6.45) is 0. The van der Waals surface area contributed by atoms with E-state index in [1.807, 2.05) is 0 Å². The van der Waals surface area contributed by atoms with E-state index < -0.39 is 13.0 Å². The lowest BCUT2D eigenvalue weighted by Crippen LogP contribution is -1.60. The van der Waals surface area contributed by atoms with Gasteiger partial charge in [0.15, 0.2) is 0 Å². The zero-order chi connectivity index (χ0) is 6.78. The topological polar surface area (TPSA) is 34.1 Å². The molecule has 0 heterocycles. The van der Waals surface area contributed by atoms with E-state index in [1.165, 1.54) is 0 Å². The number of rotatable bonds is 2. The van der Waals surface area contributed by atoms with Crippen LogP contribution in [-0.2, 0) is 9.13 Å². The van der Waals surface area contributed by atoms with Crippen LogP contribution in [0.2, 0.25) is 0 Å². The van der Waals surface area contributed by atoms with Crippen molar-refractivity contribution in [2.45, 2.75) is 0 Å². The fourth-order valence-corrected chi connectivity index (χ4v) is 5.25. The zero-order valence-corrected chi connectivity index (χ0v) is 7.61. The summed E-state index contributed by atoms with van der Waals surface area (Å²) in [7, 11) is -1.99. The summed E-state index contributed by atoms with van der Waals surface area (Å²) in [5, 5.41) is 0. The van der Waals surface area contributed by atoms with Crippen molar-refractivity contribution in [3.05, 3.63) is 0 Å². The summed E-state index contributed by atoms with van der Waals surface area (Å²) in [6, 6.07) is 0. The minimum atomic E-state index is -3.19. The summed E-state index contributed by atoms with van der Waals surface area (Å²) >= 11 is 14.9. The molecule has 1 unspecified atom stereocenters. The molecule has 2 nitrogen and oxygen atoms in total. The van der Waals surface area contributed by atoms with Crippen LogP contribution in [0, 0.1) is 0 Å². The van der Waals surface area contributed by atoms with Crippen LogP contribution in [0.25, 0.3) is 0 Å². The van der Waals surface area contributed by atoms with E-state index in [0.717, 1.165) is 0 Å². The van der Waals surface area contributed by atoms with Crippen LogP contribution in [0.15, 0.2) is 0 Å². The van der Waals surface area contributed by atoms with Crippen molar-refractivity contribution in [2.24, 2.45) is 0 Å². The summed E-state index contributed by atoms with van der Waals surface area (Å²) in [5.41, 5.74) is 0. The van der Waals surface area contributed by atoms with Crippen LogP contribution < -0.4 is 0 Å². The van der Waals surface area contributed by atoms with Gasteiger partial charge in [-0.2, -0.15) is 0 Å². The predicted molar refractivity (Wildman–Crippen MR) is 37.6 cm³/mol. The molecule has 0 radical (unpaired) electrons. The quantitative estimate of drug-likeness (QED) is 0.658. The van der Waals surface area contributed by atoms with Gasteiger partial charge in [-0.25, -0.2) is 0 Å². The molecule has 1 atom stereocenters. The molecule has 48 valence electrons. The molecule has 0 aliphatic rings. The van der Waals surface area contributed by atoms with Crippen molar-refractivity contribution in [1.82, 2.24) is 0 Å². The highest BCUT2D eigenvalue weighted by Gasteiger charge is 2.27. The maximum Gasteiger partial charge on any atom is 0.465 e. The van der Waals surface area contributed by atoms with E-state index in [4.69, 9.17) is 33.7 Å². The molecule has 0 spiro atoms. The van der Waals surface area contributed by atoms with Crippen LogP contribution in [0.4, 0.5) is 0 Å². The van der Waals surface area contributed by atoms with E-state index in [9.17, 15) is 9.13 Å². The molecule has 8 heavy (non-hydrogen) atoms. The molecule has 0 aliphatic heterocycles. The van der Waals surface area contributed by atoms with Crippen molar-refractivity contribution < 1.29 is 9.13 Å². The largest absolute Gasteiger partial charge is 0.465 e. The predicted octanol–water partition coefficient (Wildman–Crippen LogP) is 3.60. The summed E-state index contributed by atoms with van der Waals surface area (Å²) in [4.78, 5) is 0. The van der Waals surface area contributed by atoms with Gasteiger partial charge in [0.05, 0.1) is 0 Å². The molecular weight excluding hydrogens is 212 g/mol. The van der Waals surface area contributed by atoms with Crippen LogP contribution in [0.5, 0.6) is 0 Å². The van der Waals surface area contributed by atoms with Gasteiger partial charge >= 0.3 is 13.0 Å². The number of hydrogen-bond donors (Lipinski definition) is 0. The Labute approximate surface area is 62.0 Å². The molecule has 0 amide bonds. The second-order valence-corrected chi connectivity index (χ2v) is 8.86. The normalized spacial score (nSPS) is 13.6. The molecule has 0 N–H and O–H groups in total. The maximum absolute atomic E-state index is 10.3. The van der Waals surface area contributed by atoms with E-state index in [-0.39, 0.29) is 5.90 Å². The van der Waals surface area contributed by atoms with E-state index in [0.29, 0.717) is 0 Å². The van der Waals surface area contributed by atoms with Gasteiger partial charge in [-0.05, 0) is 22.5 Å². The Kier molecular flexibility index (Phi) is 3.90.